The number of hydrogen-bond donors (Lipinski definition) is 0. The van der Waals surface area contributed by atoms with E-state index in [1.807, 2.05) is 0 Å². The van der Waals surface area contributed by atoms with Gasteiger partial charge in [0.2, 0.25) is 0 Å². The van der Waals surface area contributed by atoms with E-state index < -0.39 is 19.6 Å². The second kappa shape index (κ2) is 11.0. The van der Waals surface area contributed by atoms with Gasteiger partial charge in [0.15, 0.2) is 0 Å². The molecule has 0 saturated carbocycles. The van der Waals surface area contributed by atoms with Gasteiger partial charge in [-0.2, -0.15) is 0 Å². The van der Waals surface area contributed by atoms with Crippen molar-refractivity contribution in [1.82, 2.24) is 0 Å². The first kappa shape index (κ1) is 22.7. The molecule has 56 valence electrons. The molecule has 0 radical (unpaired) electrons. The average Bonchev–Trinajstić information content (AvgIpc) is 1.19. The van der Waals surface area contributed by atoms with Gasteiger partial charge in [0.05, 0.1) is 0 Å². The van der Waals surface area contributed by atoms with Gasteiger partial charge in [-0.05, 0) is 0 Å². The molecule has 0 aliphatic heterocycles. The van der Waals surface area contributed by atoms with Crippen molar-refractivity contribution in [1.29, 1.82) is 0 Å². The second-order valence-corrected chi connectivity index (χ2v) is 1.97. The standard InChI is InChI=1S/2Mg.H2O4S.O3Si/c;;1-5(2,3)4;1-4(2)3/h;;(H2,1,2,3,4);/q2*+2;;-2/p-2. The number of rotatable bonds is 0. The van der Waals surface area contributed by atoms with Crippen LogP contribution in [0, 0.1) is 0 Å². The minimum atomic E-state index is -5.17. The van der Waals surface area contributed by atoms with Gasteiger partial charge in [-0.25, -0.2) is 0 Å². The summed E-state index contributed by atoms with van der Waals surface area (Å²) in [4.78, 5) is 17.0. The predicted molar refractivity (Wildman–Crippen MR) is 28.4 cm³/mol. The van der Waals surface area contributed by atoms with E-state index in [9.17, 15) is 0 Å². The Morgan fingerprint density at radius 3 is 1.00 bits per heavy atom. The van der Waals surface area contributed by atoms with Crippen molar-refractivity contribution in [3.63, 3.8) is 0 Å². The van der Waals surface area contributed by atoms with Gasteiger partial charge in [0.25, 0.3) is 0 Å². The van der Waals surface area contributed by atoms with Crippen LogP contribution in [0.2, 0.25) is 0 Å². The van der Waals surface area contributed by atoms with Crippen LogP contribution >= 0.6 is 0 Å². The molecule has 0 atom stereocenters. The average molecular weight is 221 g/mol. The molecular weight excluding hydrogens is 221 g/mol. The maximum Gasteiger partial charge on any atom is 2.00 e. The fraction of sp³-hybridized carbons (Fsp3) is 0. The van der Waals surface area contributed by atoms with Crippen LogP contribution in [0.5, 0.6) is 0 Å². The van der Waals surface area contributed by atoms with Crippen LogP contribution in [-0.2, 0) is 14.9 Å². The van der Waals surface area contributed by atoms with Crippen LogP contribution in [0.4, 0.5) is 0 Å². The fourth-order valence-corrected chi connectivity index (χ4v) is 0. The quantitative estimate of drug-likeness (QED) is 0.226. The molecule has 0 aliphatic rings. The summed E-state index contributed by atoms with van der Waals surface area (Å²) in [7, 11) is -8.80. The van der Waals surface area contributed by atoms with E-state index in [2.05, 4.69) is 0 Å². The van der Waals surface area contributed by atoms with Crippen molar-refractivity contribution < 1.29 is 31.6 Å². The molecule has 0 saturated heterocycles. The van der Waals surface area contributed by atoms with Crippen molar-refractivity contribution in [3.05, 3.63) is 0 Å². The van der Waals surface area contributed by atoms with Crippen LogP contribution in [0.3, 0.4) is 0 Å². The first-order valence-corrected chi connectivity index (χ1v) is 3.84. The minimum absolute atomic E-state index is 0. The summed E-state index contributed by atoms with van der Waals surface area (Å²) in [6.45, 7) is 0. The molecule has 0 aromatic carbocycles. The molecule has 11 heteroatoms. The minimum Gasteiger partial charge on any atom is -0.759 e. The Morgan fingerprint density at radius 1 is 1.00 bits per heavy atom. The van der Waals surface area contributed by atoms with Gasteiger partial charge in [0.1, 0.15) is 0 Å². The maximum absolute atomic E-state index is 8.52. The Balaban J connectivity index is -0.0000000383. The Labute approximate surface area is 96.6 Å². The normalized spacial score (nSPS) is 7.45. The van der Waals surface area contributed by atoms with Gasteiger partial charge in [-0.3, -0.25) is 8.42 Å². The summed E-state index contributed by atoms with van der Waals surface area (Å²) in [5.74, 6) is 0. The third kappa shape index (κ3) is 863. The maximum atomic E-state index is 8.52. The molecule has 0 N–H and O–H groups in total. The SMILES string of the molecule is O=S(=O)([O-])[O-].O=[Si]([O-])[O-].[Mg+2].[Mg+2]. The van der Waals surface area contributed by atoms with E-state index in [4.69, 9.17) is 31.6 Å². The van der Waals surface area contributed by atoms with Crippen molar-refractivity contribution in [2.45, 2.75) is 0 Å². The molecule has 0 amide bonds. The van der Waals surface area contributed by atoms with Crippen LogP contribution in [0.25, 0.3) is 0 Å². The monoisotopic (exact) mass is 220 g/mol. The van der Waals surface area contributed by atoms with Crippen molar-refractivity contribution in [2.75, 3.05) is 0 Å². The molecule has 0 aliphatic carbocycles. The molecule has 0 rings (SSSR count). The van der Waals surface area contributed by atoms with Gasteiger partial charge >= 0.3 is 46.1 Å². The Kier molecular flexibility index (Phi) is 22.7. The van der Waals surface area contributed by atoms with E-state index in [0.29, 0.717) is 0 Å². The Morgan fingerprint density at radius 2 is 1.00 bits per heavy atom. The number of hydrogen-bond acceptors (Lipinski definition) is 7. The molecule has 0 aromatic rings. The van der Waals surface area contributed by atoms with Crippen LogP contribution in [-0.4, -0.2) is 72.8 Å². The summed E-state index contributed by atoms with van der Waals surface area (Å²) >= 11 is 0. The third-order valence-electron chi connectivity index (χ3n) is 0. The summed E-state index contributed by atoms with van der Waals surface area (Å²) in [5.41, 5.74) is 0. The molecule has 7 nitrogen and oxygen atoms in total. The molecule has 0 bridgehead atoms. The molecule has 0 heterocycles. The van der Waals surface area contributed by atoms with E-state index in [-0.39, 0.29) is 46.1 Å². The summed E-state index contributed by atoms with van der Waals surface area (Å²) in [6, 6.07) is 0. The third-order valence-corrected chi connectivity index (χ3v) is 0. The van der Waals surface area contributed by atoms with Crippen LogP contribution < -0.4 is 9.59 Å². The summed E-state index contributed by atoms with van der Waals surface area (Å²) in [5, 5.41) is 0. The summed E-state index contributed by atoms with van der Waals surface area (Å²) in [6.07, 6.45) is 0. The van der Waals surface area contributed by atoms with Crippen molar-refractivity contribution in [3.8, 4) is 0 Å². The van der Waals surface area contributed by atoms with Crippen molar-refractivity contribution >= 4 is 65.7 Å². The molecule has 0 unspecified atom stereocenters. The van der Waals surface area contributed by atoms with Gasteiger partial charge in [0, 0.05) is 19.6 Å². The van der Waals surface area contributed by atoms with E-state index in [1.54, 1.807) is 0 Å². The topological polar surface area (TPSA) is 143 Å². The molecule has 0 spiro atoms. The van der Waals surface area contributed by atoms with Gasteiger partial charge < -0.3 is 23.2 Å². The Bertz CT molecular complexity index is 159. The van der Waals surface area contributed by atoms with E-state index in [1.165, 1.54) is 0 Å². The summed E-state index contributed by atoms with van der Waals surface area (Å²) < 4.78 is 42.6. The largest absolute Gasteiger partial charge is 2.00 e. The smallest absolute Gasteiger partial charge is 0.759 e. The zero-order valence-corrected chi connectivity index (χ0v) is 9.83. The first-order valence-electron chi connectivity index (χ1n) is 1.28. The first-order chi connectivity index (χ1) is 3.73. The fourth-order valence-electron chi connectivity index (χ4n) is 0. The molecular formula is Mg2O7SSi. The predicted octanol–water partition coefficient (Wildman–Crippen LogP) is -4.98. The van der Waals surface area contributed by atoms with Gasteiger partial charge in [-0.15, -0.1) is 0 Å². The van der Waals surface area contributed by atoms with E-state index in [0.717, 1.165) is 0 Å². The van der Waals surface area contributed by atoms with Crippen LogP contribution in [0.15, 0.2) is 0 Å². The van der Waals surface area contributed by atoms with Gasteiger partial charge in [-0.1, -0.05) is 0 Å². The molecule has 11 heavy (non-hydrogen) atoms. The van der Waals surface area contributed by atoms with Crippen LogP contribution in [0.1, 0.15) is 0 Å². The molecule has 0 fully saturated rings. The Hall–Kier alpha value is 1.02. The second-order valence-electron chi connectivity index (χ2n) is 0.658. The molecule has 0 aromatic heterocycles. The van der Waals surface area contributed by atoms with E-state index >= 15 is 0 Å². The zero-order chi connectivity index (χ0) is 8.08. The van der Waals surface area contributed by atoms with Crippen molar-refractivity contribution in [2.24, 2.45) is 0 Å². The zero-order valence-electron chi connectivity index (χ0n) is 5.18.